The van der Waals surface area contributed by atoms with Crippen LogP contribution in [0.25, 0.3) is 32.3 Å². The maximum atomic E-state index is 13.4. The quantitative estimate of drug-likeness (QED) is 0.145. The van der Waals surface area contributed by atoms with E-state index in [1.54, 1.807) is 6.07 Å². The fourth-order valence-electron chi connectivity index (χ4n) is 10.7. The predicted molar refractivity (Wildman–Crippen MR) is 292 cm³/mol. The van der Waals surface area contributed by atoms with Gasteiger partial charge in [0.15, 0.2) is 0 Å². The smallest absolute Gasteiger partial charge is 0.256 e. The van der Waals surface area contributed by atoms with Crippen molar-refractivity contribution in [2.45, 2.75) is 71.0 Å². The second-order valence-corrected chi connectivity index (χ2v) is 24.2. The summed E-state index contributed by atoms with van der Waals surface area (Å²) in [5.74, 6) is -0.126. The van der Waals surface area contributed by atoms with E-state index in [2.05, 4.69) is 19.9 Å². The summed E-state index contributed by atoms with van der Waals surface area (Å²) in [6, 6.07) is 29.4. The summed E-state index contributed by atoms with van der Waals surface area (Å²) < 4.78 is 66.8. The molecular formula is C56H65FN8O8S2. The van der Waals surface area contributed by atoms with E-state index in [0.29, 0.717) is 80.4 Å². The third kappa shape index (κ3) is 12.5. The molecule has 1 saturated heterocycles. The first-order valence-corrected chi connectivity index (χ1v) is 29.0. The molecular weight excluding hydrogens is 996 g/mol. The predicted octanol–water partition coefficient (Wildman–Crippen LogP) is 5.66. The van der Waals surface area contributed by atoms with Crippen LogP contribution in [0.5, 0.6) is 0 Å². The molecule has 19 heteroatoms. The molecule has 3 aromatic heterocycles. The van der Waals surface area contributed by atoms with E-state index in [1.807, 2.05) is 103 Å². The highest BCUT2D eigenvalue weighted by Crippen LogP contribution is 2.28. The lowest BCUT2D eigenvalue weighted by atomic mass is 9.97. The Balaban J connectivity index is 0.000000138. The first kappa shape index (κ1) is 53.5. The summed E-state index contributed by atoms with van der Waals surface area (Å²) in [6.07, 6.45) is 6.72. The lowest BCUT2D eigenvalue weighted by Crippen LogP contribution is -2.42. The van der Waals surface area contributed by atoms with Gasteiger partial charge in [-0.05, 0) is 128 Å². The standard InChI is InChI=1S/C21H20N2O2.C19H25N3O3S.C16H20FN3O3S/c24-20(11-10-15-6-2-1-3-7-15)23-13-12-17-16-8-4-5-9-18(16)21(25)22-19(17)14-23;23-19-17-7-3-2-6-15(17)16-8-11-22(14-18(16)20-19)26(24,25)13-12-21-9-4-1-5-10-21;1-19(2)7-8-24(22,23)20-6-5-13-12-4-3-11(17)9-14(12)16(21)18-15(13)10-20/h1-9H,10-14H2,(H,22,25);2-3,6-7H,1,4-5,8-14H2,(H,20,23);3-4,9H,5-8,10H2,1-2H3,(H,18,21). The van der Waals surface area contributed by atoms with E-state index >= 15 is 0 Å². The van der Waals surface area contributed by atoms with Gasteiger partial charge < -0.3 is 29.7 Å². The van der Waals surface area contributed by atoms with Gasteiger partial charge in [0.05, 0.1) is 36.5 Å². The minimum Gasteiger partial charge on any atom is -0.337 e. The number of carbonyl (C=O) groups excluding carboxylic acids is 1. The number of rotatable bonds is 11. The molecule has 4 aliphatic heterocycles. The van der Waals surface area contributed by atoms with Crippen LogP contribution < -0.4 is 16.7 Å². The minimum atomic E-state index is -3.38. The van der Waals surface area contributed by atoms with Crippen LogP contribution in [0.2, 0.25) is 0 Å². The SMILES string of the molecule is CN(C)CCS(=O)(=O)N1CCc2c([nH]c(=O)c3cc(F)ccc23)C1.O=C(CCc1ccccc1)N1CCc2c([nH]c(=O)c3ccccc23)C1.O=c1[nH]c2c(c3ccccc13)CCN(S(=O)(=O)CCN1CCCCC1)C2. The Bertz CT molecular complexity index is 3640. The van der Waals surface area contributed by atoms with Gasteiger partial charge in [0.1, 0.15) is 5.82 Å². The Hall–Kier alpha value is -6.35. The van der Waals surface area contributed by atoms with Crippen LogP contribution in [-0.4, -0.2) is 132 Å². The molecule has 7 heterocycles. The molecule has 0 unspecified atom stereocenters. The normalized spacial score (nSPS) is 16.4. The number of amides is 1. The third-order valence-corrected chi connectivity index (χ3v) is 18.4. The number of sulfonamides is 2. The molecule has 0 radical (unpaired) electrons. The van der Waals surface area contributed by atoms with E-state index in [1.165, 1.54) is 38.3 Å². The molecule has 396 valence electrons. The maximum absolute atomic E-state index is 13.4. The molecule has 0 bridgehead atoms. The topological polar surface area (TPSA) is 200 Å². The van der Waals surface area contributed by atoms with Gasteiger partial charge in [-0.15, -0.1) is 0 Å². The largest absolute Gasteiger partial charge is 0.337 e. The molecule has 11 rings (SSSR count). The molecule has 0 aliphatic carbocycles. The Labute approximate surface area is 436 Å². The molecule has 0 atom stereocenters. The molecule has 7 aromatic rings. The molecule has 0 spiro atoms. The van der Waals surface area contributed by atoms with E-state index < -0.39 is 31.4 Å². The van der Waals surface area contributed by atoms with Gasteiger partial charge in [0.25, 0.3) is 16.7 Å². The highest BCUT2D eigenvalue weighted by molar-refractivity contribution is 7.89. The molecule has 0 saturated carbocycles. The average molecular weight is 1060 g/mol. The number of nitrogens with one attached hydrogen (secondary N) is 3. The minimum absolute atomic E-state index is 0.0400. The number of pyridine rings is 3. The third-order valence-electron chi connectivity index (χ3n) is 14.8. The van der Waals surface area contributed by atoms with Gasteiger partial charge in [0, 0.05) is 67.0 Å². The number of H-pyrrole nitrogens is 3. The number of aromatic amines is 3. The van der Waals surface area contributed by atoms with Crippen molar-refractivity contribution in [3.8, 4) is 0 Å². The van der Waals surface area contributed by atoms with Gasteiger partial charge in [-0.3, -0.25) is 19.2 Å². The van der Waals surface area contributed by atoms with Crippen molar-refractivity contribution in [2.75, 3.05) is 71.4 Å². The number of nitrogens with zero attached hydrogens (tertiary/aromatic N) is 5. The monoisotopic (exact) mass is 1060 g/mol. The van der Waals surface area contributed by atoms with Crippen LogP contribution in [0.1, 0.15) is 65.0 Å². The highest BCUT2D eigenvalue weighted by Gasteiger charge is 2.31. The Kier molecular flexibility index (Phi) is 16.6. The van der Waals surface area contributed by atoms with Crippen LogP contribution in [0, 0.1) is 5.82 Å². The number of piperidine rings is 1. The number of carbonyl (C=O) groups is 1. The lowest BCUT2D eigenvalue weighted by Gasteiger charge is -2.30. The van der Waals surface area contributed by atoms with Gasteiger partial charge in [-0.2, -0.15) is 8.61 Å². The van der Waals surface area contributed by atoms with E-state index in [-0.39, 0.29) is 41.6 Å². The maximum Gasteiger partial charge on any atom is 0.256 e. The molecule has 3 N–H and O–H groups in total. The number of hydrogen-bond donors (Lipinski definition) is 3. The summed E-state index contributed by atoms with van der Waals surface area (Å²) in [7, 11) is -3.06. The number of aryl methyl sites for hydroxylation is 1. The molecule has 4 aliphatic rings. The van der Waals surface area contributed by atoms with E-state index in [0.717, 1.165) is 77.4 Å². The fourth-order valence-corrected chi connectivity index (χ4v) is 13.7. The molecule has 1 amide bonds. The highest BCUT2D eigenvalue weighted by atomic mass is 32.2. The first-order valence-electron chi connectivity index (χ1n) is 25.8. The van der Waals surface area contributed by atoms with Gasteiger partial charge in [-0.1, -0.05) is 79.2 Å². The van der Waals surface area contributed by atoms with Crippen molar-refractivity contribution in [3.05, 3.63) is 173 Å². The van der Waals surface area contributed by atoms with Crippen molar-refractivity contribution in [3.63, 3.8) is 0 Å². The van der Waals surface area contributed by atoms with Crippen molar-refractivity contribution < 1.29 is 26.0 Å². The molecule has 1 fully saturated rings. The Morgan fingerprint density at radius 1 is 0.560 bits per heavy atom. The fraction of sp³-hybridized carbons (Fsp3) is 0.393. The van der Waals surface area contributed by atoms with Crippen LogP contribution in [-0.2, 0) is 70.2 Å². The number of aromatic nitrogens is 3. The lowest BCUT2D eigenvalue weighted by molar-refractivity contribution is -0.132. The first-order chi connectivity index (χ1) is 36.0. The van der Waals surface area contributed by atoms with Gasteiger partial charge in [-0.25, -0.2) is 21.2 Å². The van der Waals surface area contributed by atoms with Gasteiger partial charge in [0.2, 0.25) is 26.0 Å². The zero-order valence-electron chi connectivity index (χ0n) is 42.6. The summed E-state index contributed by atoms with van der Waals surface area (Å²) in [5, 5.41) is 4.35. The number of fused-ring (bicyclic) bond motifs is 9. The van der Waals surface area contributed by atoms with Crippen molar-refractivity contribution >= 4 is 58.3 Å². The second-order valence-electron chi connectivity index (χ2n) is 20.1. The van der Waals surface area contributed by atoms with Crippen molar-refractivity contribution in [2.24, 2.45) is 0 Å². The van der Waals surface area contributed by atoms with Crippen LogP contribution in [0.3, 0.4) is 0 Å². The number of hydrogen-bond acceptors (Lipinski definition) is 10. The van der Waals surface area contributed by atoms with Crippen molar-refractivity contribution in [1.29, 1.82) is 0 Å². The summed E-state index contributed by atoms with van der Waals surface area (Å²) in [4.78, 5) is 63.9. The van der Waals surface area contributed by atoms with Crippen LogP contribution in [0.15, 0.2) is 111 Å². The van der Waals surface area contributed by atoms with E-state index in [4.69, 9.17) is 0 Å². The Morgan fingerprint density at radius 3 is 1.60 bits per heavy atom. The summed E-state index contributed by atoms with van der Waals surface area (Å²) >= 11 is 0. The molecule has 4 aromatic carbocycles. The second kappa shape index (κ2) is 23.3. The van der Waals surface area contributed by atoms with Crippen molar-refractivity contribution in [1.82, 2.24) is 38.3 Å². The van der Waals surface area contributed by atoms with Crippen LogP contribution in [0.4, 0.5) is 4.39 Å². The number of halogens is 1. The number of likely N-dealkylation sites (tertiary alicyclic amines) is 1. The summed E-state index contributed by atoms with van der Waals surface area (Å²) in [6.45, 7) is 5.48. The van der Waals surface area contributed by atoms with Crippen LogP contribution >= 0.6 is 0 Å². The number of benzene rings is 4. The summed E-state index contributed by atoms with van der Waals surface area (Å²) in [5.41, 5.74) is 5.90. The van der Waals surface area contributed by atoms with Gasteiger partial charge >= 0.3 is 0 Å². The Morgan fingerprint density at radius 2 is 1.04 bits per heavy atom. The van der Waals surface area contributed by atoms with E-state index in [9.17, 15) is 40.4 Å². The zero-order chi connectivity index (χ0) is 52.9. The average Bonchev–Trinajstić information content (AvgIpc) is 3.42. The molecule has 75 heavy (non-hydrogen) atoms. The zero-order valence-corrected chi connectivity index (χ0v) is 44.2. The molecule has 16 nitrogen and oxygen atoms in total.